The van der Waals surface area contributed by atoms with E-state index in [1.54, 1.807) is 78.8 Å². The number of nitrogens with one attached hydrogen (secondary N) is 6. The van der Waals surface area contributed by atoms with Gasteiger partial charge in [0.05, 0.1) is 106 Å². The van der Waals surface area contributed by atoms with Crippen LogP contribution in [-0.4, -0.2) is 116 Å². The van der Waals surface area contributed by atoms with Crippen molar-refractivity contribution in [1.82, 2.24) is 20.1 Å². The summed E-state index contributed by atoms with van der Waals surface area (Å²) in [5, 5.41) is 33.9. The number of carbonyl (C=O) groups excluding carboxylic acids is 8. The number of dihydropyridines is 2. The van der Waals surface area contributed by atoms with Crippen LogP contribution in [0.15, 0.2) is 152 Å². The highest BCUT2D eigenvalue weighted by molar-refractivity contribution is 7.90. The molecule has 570 valence electrons. The van der Waals surface area contributed by atoms with Crippen LogP contribution in [0.3, 0.4) is 0 Å². The molecule has 0 saturated heterocycles. The van der Waals surface area contributed by atoms with Crippen molar-refractivity contribution in [2.24, 2.45) is 0 Å². The number of thiophene rings is 2. The van der Waals surface area contributed by atoms with Crippen molar-refractivity contribution in [3.8, 4) is 0 Å². The van der Waals surface area contributed by atoms with E-state index < -0.39 is 89.6 Å². The molecule has 10 rings (SSSR count). The molecule has 2 aromatic heterocycles. The molecule has 0 unspecified atom stereocenters. The van der Waals surface area contributed by atoms with E-state index in [9.17, 15) is 75.4 Å². The maximum absolute atomic E-state index is 12.6. The van der Waals surface area contributed by atoms with Crippen molar-refractivity contribution in [2.45, 2.75) is 128 Å². The molecular weight excluding hydrogens is 1490 g/mol. The number of nitrogens with zero attached hydrogens (tertiary/aromatic N) is 2. The zero-order valence-electron chi connectivity index (χ0n) is 60.1. The van der Waals surface area contributed by atoms with E-state index in [4.69, 9.17) is 40.0 Å². The summed E-state index contributed by atoms with van der Waals surface area (Å²) in [4.78, 5) is 122. The Bertz CT molecular complexity index is 4770. The summed E-state index contributed by atoms with van der Waals surface area (Å²) in [5.41, 5.74) is 6.82. The third-order valence-electron chi connectivity index (χ3n) is 16.7. The van der Waals surface area contributed by atoms with Gasteiger partial charge in [0.1, 0.15) is 14.9 Å². The van der Waals surface area contributed by atoms with E-state index >= 15 is 0 Å². The van der Waals surface area contributed by atoms with E-state index in [2.05, 4.69) is 21.3 Å². The SMILES string of the molecule is CCOC(=O)C1=C(C)NC(C)=C(C(=O)OCC)C1c1cccc([N+](=O)[O-])c1.CCOC(=O)c1c(NC(=O)NS(=O)(=O)c2ccccc2Cl)sc2c1CCCC2.COC(=O)C1=C(C)NC(C)=C(C(=O)OC)C1c1cccc([N+](=O)[O-])c1.COC(=O)c1c(NC(=O)NS(=O)(=O)c2ccc(C)cc2)sc2c1CCCC2. The molecule has 4 amide bonds. The third kappa shape index (κ3) is 20.4. The van der Waals surface area contributed by atoms with Gasteiger partial charge in [-0.25, -0.2) is 64.6 Å². The maximum atomic E-state index is 12.6. The fraction of sp³-hybridized carbons (Fsp3) is 0.333. The van der Waals surface area contributed by atoms with E-state index in [-0.39, 0.29) is 73.3 Å². The lowest BCUT2D eigenvalue weighted by molar-refractivity contribution is -0.385. The summed E-state index contributed by atoms with van der Waals surface area (Å²) >= 11 is 8.48. The highest BCUT2D eigenvalue weighted by atomic mass is 35.5. The van der Waals surface area contributed by atoms with Crippen LogP contribution in [-0.2, 0) is 93.3 Å². The van der Waals surface area contributed by atoms with Crippen LogP contribution >= 0.6 is 34.3 Å². The first-order chi connectivity index (χ1) is 50.8. The Kier molecular flexibility index (Phi) is 29.2. The topological polar surface area (TPSA) is 419 Å². The Morgan fingerprint density at radius 3 is 1.26 bits per heavy atom. The van der Waals surface area contributed by atoms with Gasteiger partial charge in [0.2, 0.25) is 0 Å². The van der Waals surface area contributed by atoms with Crippen molar-refractivity contribution in [3.05, 3.63) is 216 Å². The number of hydrogen-bond acceptors (Lipinski definition) is 26. The Labute approximate surface area is 629 Å². The average molecular weight is 1570 g/mol. The Hall–Kier alpha value is -10.8. The molecule has 0 spiro atoms. The number of ether oxygens (including phenoxy) is 6. The number of fused-ring (bicyclic) bond motifs is 2. The summed E-state index contributed by atoms with van der Waals surface area (Å²) in [5.74, 6) is -5.16. The number of amides is 4. The van der Waals surface area contributed by atoms with E-state index in [1.807, 2.05) is 16.4 Å². The first kappa shape index (κ1) is 83.5. The number of urea groups is 2. The van der Waals surface area contributed by atoms with Gasteiger partial charge >= 0.3 is 47.9 Å². The monoisotopic (exact) mass is 1570 g/mol. The summed E-state index contributed by atoms with van der Waals surface area (Å²) in [6.45, 7) is 14.2. The number of benzene rings is 4. The second kappa shape index (κ2) is 37.4. The zero-order chi connectivity index (χ0) is 78.8. The second-order valence-electron chi connectivity index (χ2n) is 23.8. The van der Waals surface area contributed by atoms with Crippen molar-refractivity contribution in [1.29, 1.82) is 0 Å². The molecule has 4 aliphatic rings. The summed E-state index contributed by atoms with van der Waals surface area (Å²) in [6, 6.07) is 21.7. The van der Waals surface area contributed by atoms with Crippen molar-refractivity contribution in [2.75, 3.05) is 51.8 Å². The normalized spacial score (nSPS) is 14.1. The minimum absolute atomic E-state index is 0.00148. The molecule has 0 fully saturated rings. The smallest absolute Gasteiger partial charge is 0.341 e. The summed E-state index contributed by atoms with van der Waals surface area (Å²) in [6.07, 6.45) is 7.03. The second-order valence-corrected chi connectivity index (χ2v) is 29.8. The molecule has 4 aromatic carbocycles. The molecule has 0 radical (unpaired) electrons. The van der Waals surface area contributed by atoms with Crippen LogP contribution in [0.4, 0.5) is 31.0 Å². The van der Waals surface area contributed by atoms with Gasteiger partial charge in [0.25, 0.3) is 31.4 Å². The number of esters is 6. The number of methoxy groups -OCH3 is 3. The molecule has 30 nitrogen and oxygen atoms in total. The van der Waals surface area contributed by atoms with Crippen molar-refractivity contribution in [3.63, 3.8) is 0 Å². The Morgan fingerprint density at radius 1 is 0.495 bits per heavy atom. The first-order valence-electron chi connectivity index (χ1n) is 33.2. The number of rotatable bonds is 19. The van der Waals surface area contributed by atoms with Gasteiger partial charge in [0, 0.05) is 56.8 Å². The lowest BCUT2D eigenvalue weighted by Crippen LogP contribution is -2.34. The fourth-order valence-electron chi connectivity index (χ4n) is 12.1. The van der Waals surface area contributed by atoms with Gasteiger partial charge in [0.15, 0.2) is 0 Å². The third-order valence-corrected chi connectivity index (χ3v) is 22.3. The van der Waals surface area contributed by atoms with Gasteiger partial charge in [-0.3, -0.25) is 30.9 Å². The zero-order valence-corrected chi connectivity index (χ0v) is 64.1. The van der Waals surface area contributed by atoms with E-state index in [0.29, 0.717) is 50.0 Å². The van der Waals surface area contributed by atoms with Gasteiger partial charge in [-0.1, -0.05) is 65.7 Å². The Morgan fingerprint density at radius 2 is 0.869 bits per heavy atom. The molecule has 0 atom stereocenters. The number of carbonyl (C=O) groups is 8. The molecule has 2 aliphatic heterocycles. The maximum Gasteiger partial charge on any atom is 0.341 e. The molecule has 6 N–H and O–H groups in total. The number of nitro groups is 2. The molecular formula is C72H79ClN8O22S4. The number of allylic oxidation sites excluding steroid dienone is 4. The first-order valence-corrected chi connectivity index (χ1v) is 38.2. The lowest BCUT2D eigenvalue weighted by Gasteiger charge is -2.30. The van der Waals surface area contributed by atoms with Crippen LogP contribution in [0.25, 0.3) is 0 Å². The summed E-state index contributed by atoms with van der Waals surface area (Å²) in [7, 11) is -4.43. The number of non-ortho nitro benzene ring substituents is 2. The molecule has 107 heavy (non-hydrogen) atoms. The molecule has 4 heterocycles. The van der Waals surface area contributed by atoms with Crippen LogP contribution < -0.4 is 30.7 Å². The van der Waals surface area contributed by atoms with Gasteiger partial charge in [-0.05, 0) is 153 Å². The van der Waals surface area contributed by atoms with E-state index in [0.717, 1.165) is 77.8 Å². The quantitative estimate of drug-likeness (QED) is 0.0190. The van der Waals surface area contributed by atoms with E-state index in [1.165, 1.54) is 111 Å². The van der Waals surface area contributed by atoms with Crippen LogP contribution in [0.1, 0.15) is 144 Å². The van der Waals surface area contributed by atoms with Crippen LogP contribution in [0, 0.1) is 27.2 Å². The van der Waals surface area contributed by atoms with Gasteiger partial charge in [-0.15, -0.1) is 22.7 Å². The number of halogens is 1. The molecule has 0 bridgehead atoms. The fourth-order valence-corrected chi connectivity index (χ4v) is 16.9. The predicted octanol–water partition coefficient (Wildman–Crippen LogP) is 12.3. The highest BCUT2D eigenvalue weighted by Crippen LogP contribution is 2.44. The number of hydrogen-bond donors (Lipinski definition) is 6. The van der Waals surface area contributed by atoms with Crippen molar-refractivity contribution >= 4 is 124 Å². The minimum Gasteiger partial charge on any atom is -0.466 e. The van der Waals surface area contributed by atoms with Crippen LogP contribution in [0.2, 0.25) is 5.02 Å². The largest absolute Gasteiger partial charge is 0.466 e. The van der Waals surface area contributed by atoms with Crippen LogP contribution in [0.5, 0.6) is 0 Å². The van der Waals surface area contributed by atoms with Gasteiger partial charge in [-0.2, -0.15) is 0 Å². The number of aryl methyl sites for hydroxylation is 3. The minimum atomic E-state index is -4.16. The summed E-state index contributed by atoms with van der Waals surface area (Å²) < 4.78 is 83.4. The van der Waals surface area contributed by atoms with Crippen molar-refractivity contribution < 1.29 is 93.5 Å². The molecule has 35 heteroatoms. The molecule has 2 aliphatic carbocycles. The predicted molar refractivity (Wildman–Crippen MR) is 397 cm³/mol. The highest BCUT2D eigenvalue weighted by Gasteiger charge is 2.41. The number of sulfonamides is 2. The average Bonchev–Trinajstić information content (AvgIpc) is 1.72. The van der Waals surface area contributed by atoms with Gasteiger partial charge < -0.3 is 39.1 Å². The standard InChI is InChI=1S/C19H22N2O6.C18H19ClN2O5S2.C18H20N2O5S2.C17H18N2O6/c1-5-26-18(22)15-11(3)20-12(4)16(19(23)27-6-2)17(15)13-8-7-9-14(10-13)21(24)25;1-2-26-17(22)15-11-7-3-5-9-13(11)27-16(15)20-18(23)21-28(24,25)14-10-6-4-8-12(14)19;1-11-7-9-12(10-8-11)27(23,24)20-18(22)19-16-15(17(21)25-2)13-5-3-4-6-14(13)26-16;1-9-13(16(20)24-3)15(14(10(2)18-9)17(21)25-4)11-6-5-7-12(8-11)19(22)23/h7-10,17,20H,5-6H2,1-4H3;4,6,8,10H,2-3,5,7,9H2,1H3,(H2,20,21,23);7-10H,3-6H2,1-2H3,(H2,19,20,22);5-8,15,18H,1-4H3. The number of nitro benzene ring substituents is 2. The molecule has 6 aromatic rings. The number of anilines is 2. The molecule has 0 saturated carbocycles. The lowest BCUT2D eigenvalue weighted by atomic mass is 9.80. The Balaban J connectivity index is 0.000000199.